The lowest BCUT2D eigenvalue weighted by atomic mass is 10.3. The number of ether oxygens (including phenoxy) is 1. The SMILES string of the molecule is Cc1c(OCCO)nn(-c2ccccc2)c1NC(N)=O. The van der Waals surface area contributed by atoms with Gasteiger partial charge >= 0.3 is 6.03 Å². The molecule has 0 unspecified atom stereocenters. The Kier molecular flexibility index (Phi) is 4.21. The van der Waals surface area contributed by atoms with Gasteiger partial charge in [-0.05, 0) is 19.1 Å². The van der Waals surface area contributed by atoms with Gasteiger partial charge in [-0.15, -0.1) is 5.10 Å². The van der Waals surface area contributed by atoms with Gasteiger partial charge in [-0.2, -0.15) is 0 Å². The fraction of sp³-hybridized carbons (Fsp3) is 0.231. The second-order valence-corrected chi connectivity index (χ2v) is 4.09. The monoisotopic (exact) mass is 276 g/mol. The molecule has 0 spiro atoms. The van der Waals surface area contributed by atoms with Crippen molar-refractivity contribution in [1.82, 2.24) is 9.78 Å². The van der Waals surface area contributed by atoms with Gasteiger partial charge in [-0.1, -0.05) is 18.2 Å². The van der Waals surface area contributed by atoms with Crippen molar-refractivity contribution in [2.24, 2.45) is 5.73 Å². The predicted molar refractivity (Wildman–Crippen MR) is 74.1 cm³/mol. The van der Waals surface area contributed by atoms with Crippen LogP contribution in [0.2, 0.25) is 0 Å². The van der Waals surface area contributed by atoms with Crippen molar-refractivity contribution in [1.29, 1.82) is 0 Å². The minimum absolute atomic E-state index is 0.115. The quantitative estimate of drug-likeness (QED) is 0.759. The van der Waals surface area contributed by atoms with Crippen LogP contribution in [0, 0.1) is 6.92 Å². The molecule has 7 nitrogen and oxygen atoms in total. The van der Waals surface area contributed by atoms with E-state index in [1.165, 1.54) is 4.68 Å². The van der Waals surface area contributed by atoms with Crippen molar-refractivity contribution < 1.29 is 14.6 Å². The Hall–Kier alpha value is -2.54. The number of rotatable bonds is 5. The number of nitrogens with zero attached hydrogens (tertiary/aromatic N) is 2. The van der Waals surface area contributed by atoms with E-state index in [4.69, 9.17) is 15.6 Å². The lowest BCUT2D eigenvalue weighted by Gasteiger charge is -2.07. The molecule has 20 heavy (non-hydrogen) atoms. The van der Waals surface area contributed by atoms with Crippen LogP contribution in [-0.2, 0) is 0 Å². The van der Waals surface area contributed by atoms with Crippen LogP contribution in [0.4, 0.5) is 10.6 Å². The number of nitrogens with one attached hydrogen (secondary N) is 1. The molecular weight excluding hydrogens is 260 g/mol. The molecule has 106 valence electrons. The topological polar surface area (TPSA) is 102 Å². The fourth-order valence-corrected chi connectivity index (χ4v) is 1.77. The maximum atomic E-state index is 11.1. The molecule has 0 aliphatic carbocycles. The standard InChI is InChI=1S/C13H16N4O3/c1-9-11(15-13(14)19)17(10-5-3-2-4-6-10)16-12(9)20-8-7-18/h2-6,18H,7-8H2,1H3,(H3,14,15,19). The molecule has 0 aliphatic rings. The number of aliphatic hydroxyl groups excluding tert-OH is 1. The third kappa shape index (κ3) is 2.89. The number of hydrogen-bond acceptors (Lipinski definition) is 4. The third-order valence-electron chi connectivity index (χ3n) is 2.65. The first kappa shape index (κ1) is 13.9. The molecule has 0 atom stereocenters. The van der Waals surface area contributed by atoms with E-state index >= 15 is 0 Å². The predicted octanol–water partition coefficient (Wildman–Crippen LogP) is 1.04. The average molecular weight is 276 g/mol. The summed E-state index contributed by atoms with van der Waals surface area (Å²) < 4.78 is 6.87. The number of aromatic nitrogens is 2. The van der Waals surface area contributed by atoms with Gasteiger partial charge in [0.15, 0.2) is 0 Å². The van der Waals surface area contributed by atoms with E-state index in [0.717, 1.165) is 5.69 Å². The molecule has 4 N–H and O–H groups in total. The van der Waals surface area contributed by atoms with E-state index in [-0.39, 0.29) is 13.2 Å². The molecule has 0 bridgehead atoms. The molecule has 1 aromatic carbocycles. The van der Waals surface area contributed by atoms with Crippen molar-refractivity contribution in [3.8, 4) is 11.6 Å². The van der Waals surface area contributed by atoms with Gasteiger partial charge in [0.1, 0.15) is 12.4 Å². The van der Waals surface area contributed by atoms with Crippen LogP contribution in [0.3, 0.4) is 0 Å². The summed E-state index contributed by atoms with van der Waals surface area (Å²) in [6.07, 6.45) is 0. The molecular formula is C13H16N4O3. The molecule has 0 aliphatic heterocycles. The lowest BCUT2D eigenvalue weighted by molar-refractivity contribution is 0.195. The molecule has 2 amide bonds. The highest BCUT2D eigenvalue weighted by Gasteiger charge is 2.17. The summed E-state index contributed by atoms with van der Waals surface area (Å²) in [4.78, 5) is 11.1. The highest BCUT2D eigenvalue weighted by Crippen LogP contribution is 2.27. The highest BCUT2D eigenvalue weighted by molar-refractivity contribution is 5.88. The Bertz CT molecular complexity index is 595. The Morgan fingerprint density at radius 3 is 2.75 bits per heavy atom. The summed E-state index contributed by atoms with van der Waals surface area (Å²) in [5.74, 6) is 0.781. The number of amides is 2. The van der Waals surface area contributed by atoms with Gasteiger partial charge in [-0.3, -0.25) is 5.32 Å². The maximum Gasteiger partial charge on any atom is 0.317 e. The second kappa shape index (κ2) is 6.07. The van der Waals surface area contributed by atoms with Gasteiger partial charge in [0.25, 0.3) is 0 Å². The molecule has 0 saturated heterocycles. The van der Waals surface area contributed by atoms with Gasteiger partial charge in [0.2, 0.25) is 5.88 Å². The molecule has 0 saturated carbocycles. The number of aliphatic hydroxyl groups is 1. The number of benzene rings is 1. The largest absolute Gasteiger partial charge is 0.474 e. The lowest BCUT2D eigenvalue weighted by Crippen LogP contribution is -2.21. The van der Waals surface area contributed by atoms with E-state index in [2.05, 4.69) is 10.4 Å². The van der Waals surface area contributed by atoms with Crippen LogP contribution in [0.15, 0.2) is 30.3 Å². The summed E-state index contributed by atoms with van der Waals surface area (Å²) >= 11 is 0. The number of carbonyl (C=O) groups excluding carboxylic acids is 1. The molecule has 0 radical (unpaired) electrons. The van der Waals surface area contributed by atoms with E-state index < -0.39 is 6.03 Å². The Morgan fingerprint density at radius 2 is 2.15 bits per heavy atom. The van der Waals surface area contributed by atoms with Crippen LogP contribution < -0.4 is 15.8 Å². The molecule has 7 heteroatoms. The van der Waals surface area contributed by atoms with Crippen molar-refractivity contribution in [2.75, 3.05) is 18.5 Å². The molecule has 2 rings (SSSR count). The Morgan fingerprint density at radius 1 is 1.45 bits per heavy atom. The minimum atomic E-state index is -0.682. The molecule has 1 aromatic heterocycles. The molecule has 0 fully saturated rings. The van der Waals surface area contributed by atoms with Gasteiger partial charge < -0.3 is 15.6 Å². The van der Waals surface area contributed by atoms with Crippen molar-refractivity contribution in [2.45, 2.75) is 6.92 Å². The first-order valence-electron chi connectivity index (χ1n) is 6.08. The third-order valence-corrected chi connectivity index (χ3v) is 2.65. The van der Waals surface area contributed by atoms with E-state index in [1.807, 2.05) is 30.3 Å². The second-order valence-electron chi connectivity index (χ2n) is 4.09. The zero-order valence-electron chi connectivity index (χ0n) is 11.0. The fourth-order valence-electron chi connectivity index (χ4n) is 1.77. The first-order chi connectivity index (χ1) is 9.63. The summed E-state index contributed by atoms with van der Waals surface area (Å²) in [7, 11) is 0. The van der Waals surface area contributed by atoms with E-state index in [0.29, 0.717) is 17.3 Å². The number of hydrogen-bond donors (Lipinski definition) is 3. The number of nitrogens with two attached hydrogens (primary N) is 1. The molecule has 2 aromatic rings. The Balaban J connectivity index is 2.45. The highest BCUT2D eigenvalue weighted by atomic mass is 16.5. The first-order valence-corrected chi connectivity index (χ1v) is 6.08. The smallest absolute Gasteiger partial charge is 0.317 e. The number of primary amides is 1. The van der Waals surface area contributed by atoms with E-state index in [1.54, 1.807) is 6.92 Å². The van der Waals surface area contributed by atoms with Crippen LogP contribution in [0.1, 0.15) is 5.56 Å². The number of anilines is 1. The van der Waals surface area contributed by atoms with Gasteiger partial charge in [0.05, 0.1) is 17.9 Å². The van der Waals surface area contributed by atoms with E-state index in [9.17, 15) is 4.79 Å². The minimum Gasteiger partial charge on any atom is -0.474 e. The number of carbonyl (C=O) groups is 1. The van der Waals surface area contributed by atoms with Crippen LogP contribution in [0.5, 0.6) is 5.88 Å². The van der Waals surface area contributed by atoms with Crippen molar-refractivity contribution >= 4 is 11.8 Å². The van der Waals surface area contributed by atoms with Gasteiger partial charge in [0, 0.05) is 0 Å². The summed E-state index contributed by atoms with van der Waals surface area (Å²) in [5.41, 5.74) is 6.58. The summed E-state index contributed by atoms with van der Waals surface area (Å²) in [5, 5.41) is 15.6. The van der Waals surface area contributed by atoms with Crippen LogP contribution in [0.25, 0.3) is 5.69 Å². The van der Waals surface area contributed by atoms with Crippen molar-refractivity contribution in [3.05, 3.63) is 35.9 Å². The number of urea groups is 1. The summed E-state index contributed by atoms with van der Waals surface area (Å²) in [6, 6.07) is 8.59. The zero-order chi connectivity index (χ0) is 14.5. The van der Waals surface area contributed by atoms with Crippen LogP contribution >= 0.6 is 0 Å². The van der Waals surface area contributed by atoms with Crippen molar-refractivity contribution in [3.63, 3.8) is 0 Å². The van der Waals surface area contributed by atoms with Crippen LogP contribution in [-0.4, -0.2) is 34.1 Å². The summed E-state index contributed by atoms with van der Waals surface area (Å²) in [6.45, 7) is 1.77. The normalized spacial score (nSPS) is 10.3. The Labute approximate surface area is 116 Å². The van der Waals surface area contributed by atoms with Gasteiger partial charge in [-0.25, -0.2) is 9.48 Å². The molecule has 1 heterocycles. The zero-order valence-corrected chi connectivity index (χ0v) is 11.0. The average Bonchev–Trinajstić information content (AvgIpc) is 2.74. The maximum absolute atomic E-state index is 11.1. The number of para-hydroxylation sites is 1.